The van der Waals surface area contributed by atoms with Crippen molar-refractivity contribution in [3.63, 3.8) is 0 Å². The van der Waals surface area contributed by atoms with Gasteiger partial charge in [-0.1, -0.05) is 37.6 Å². The molecule has 30 heavy (non-hydrogen) atoms. The van der Waals surface area contributed by atoms with Crippen LogP contribution in [0.2, 0.25) is 0 Å². The van der Waals surface area contributed by atoms with Crippen molar-refractivity contribution in [3.8, 4) is 0 Å². The largest absolute Gasteiger partial charge is 0.537 e. The van der Waals surface area contributed by atoms with E-state index in [9.17, 15) is 0 Å². The second kappa shape index (κ2) is 11.7. The van der Waals surface area contributed by atoms with E-state index in [1.54, 1.807) is 32.9 Å². The molecule has 0 bridgehead atoms. The Balaban J connectivity index is 1.94. The Labute approximate surface area is 192 Å². The SMILES string of the molecule is CCCc1c(SSc2nc3ccccc3s2)cccc1[Si](OCC)(OCC)OCC. The smallest absolute Gasteiger partial charge is 0.370 e. The Kier molecular flexibility index (Phi) is 9.25. The van der Waals surface area contributed by atoms with E-state index in [2.05, 4.69) is 43.3 Å². The van der Waals surface area contributed by atoms with Gasteiger partial charge in [0.2, 0.25) is 0 Å². The summed E-state index contributed by atoms with van der Waals surface area (Å²) in [6.07, 6.45) is 2.01. The zero-order valence-electron chi connectivity index (χ0n) is 18.0. The minimum atomic E-state index is -2.96. The third kappa shape index (κ3) is 5.48. The molecule has 162 valence electrons. The molecule has 0 atom stereocenters. The molecule has 0 saturated heterocycles. The highest BCUT2D eigenvalue weighted by Crippen LogP contribution is 2.42. The number of para-hydroxylation sites is 1. The van der Waals surface area contributed by atoms with Crippen LogP contribution in [-0.4, -0.2) is 33.6 Å². The van der Waals surface area contributed by atoms with Gasteiger partial charge in [-0.2, -0.15) is 0 Å². The number of hydrogen-bond donors (Lipinski definition) is 0. The zero-order valence-corrected chi connectivity index (χ0v) is 21.4. The molecule has 0 amide bonds. The van der Waals surface area contributed by atoms with E-state index in [0.29, 0.717) is 19.8 Å². The lowest BCUT2D eigenvalue weighted by Gasteiger charge is -2.31. The fraction of sp³-hybridized carbons (Fsp3) is 0.409. The molecule has 1 heterocycles. The van der Waals surface area contributed by atoms with Crippen LogP contribution in [0.5, 0.6) is 0 Å². The summed E-state index contributed by atoms with van der Waals surface area (Å²) < 4.78 is 20.9. The summed E-state index contributed by atoms with van der Waals surface area (Å²) in [5, 5.41) is 1.10. The van der Waals surface area contributed by atoms with Gasteiger partial charge in [-0.15, -0.1) is 11.3 Å². The summed E-state index contributed by atoms with van der Waals surface area (Å²) in [5.41, 5.74) is 2.34. The molecule has 0 fully saturated rings. The number of benzene rings is 2. The Bertz CT molecular complexity index is 900. The molecule has 0 spiro atoms. The van der Waals surface area contributed by atoms with Crippen LogP contribution in [0.1, 0.15) is 39.7 Å². The molecule has 0 saturated carbocycles. The van der Waals surface area contributed by atoms with Crippen molar-refractivity contribution in [2.45, 2.75) is 49.8 Å². The van der Waals surface area contributed by atoms with Crippen molar-refractivity contribution >= 4 is 57.1 Å². The topological polar surface area (TPSA) is 40.6 Å². The van der Waals surface area contributed by atoms with E-state index < -0.39 is 8.80 Å². The van der Waals surface area contributed by atoms with Crippen LogP contribution in [0.3, 0.4) is 0 Å². The molecule has 3 rings (SSSR count). The molecule has 2 aromatic carbocycles. The van der Waals surface area contributed by atoms with Crippen molar-refractivity contribution in [2.75, 3.05) is 19.8 Å². The predicted molar refractivity (Wildman–Crippen MR) is 132 cm³/mol. The first-order valence-electron chi connectivity index (χ1n) is 10.4. The molecule has 0 N–H and O–H groups in total. The average molecular weight is 480 g/mol. The predicted octanol–water partition coefficient (Wildman–Crippen LogP) is 6.30. The van der Waals surface area contributed by atoms with Gasteiger partial charge < -0.3 is 13.3 Å². The van der Waals surface area contributed by atoms with Gasteiger partial charge in [-0.05, 0) is 72.5 Å². The Morgan fingerprint density at radius 3 is 2.20 bits per heavy atom. The third-order valence-corrected chi connectivity index (χ3v) is 11.4. The summed E-state index contributed by atoms with van der Waals surface area (Å²) in [6.45, 7) is 9.90. The molecule has 0 aliphatic carbocycles. The number of hydrogen-bond acceptors (Lipinski definition) is 7. The van der Waals surface area contributed by atoms with Crippen LogP contribution in [0.25, 0.3) is 10.2 Å². The molecule has 0 aliphatic heterocycles. The second-order valence-electron chi connectivity index (χ2n) is 6.50. The molecule has 4 nitrogen and oxygen atoms in total. The van der Waals surface area contributed by atoms with Gasteiger partial charge in [-0.3, -0.25) is 0 Å². The normalized spacial score (nSPS) is 12.0. The van der Waals surface area contributed by atoms with Gasteiger partial charge in [0, 0.05) is 29.9 Å². The number of thiazole rings is 1. The number of aromatic nitrogens is 1. The van der Waals surface area contributed by atoms with Crippen LogP contribution >= 0.6 is 32.9 Å². The monoisotopic (exact) mass is 479 g/mol. The minimum absolute atomic E-state index is 0.565. The highest BCUT2D eigenvalue weighted by molar-refractivity contribution is 8.77. The fourth-order valence-corrected chi connectivity index (χ4v) is 9.73. The van der Waals surface area contributed by atoms with Crippen molar-refractivity contribution in [1.29, 1.82) is 0 Å². The van der Waals surface area contributed by atoms with Gasteiger partial charge in [0.1, 0.15) is 0 Å². The van der Waals surface area contributed by atoms with E-state index in [0.717, 1.165) is 27.9 Å². The van der Waals surface area contributed by atoms with Gasteiger partial charge in [0.25, 0.3) is 0 Å². The van der Waals surface area contributed by atoms with Gasteiger partial charge in [-0.25, -0.2) is 4.98 Å². The number of nitrogens with zero attached hydrogens (tertiary/aromatic N) is 1. The van der Waals surface area contributed by atoms with Gasteiger partial charge in [0.05, 0.1) is 10.2 Å². The maximum Gasteiger partial charge on any atom is 0.537 e. The van der Waals surface area contributed by atoms with Crippen LogP contribution in [-0.2, 0) is 19.7 Å². The van der Waals surface area contributed by atoms with Crippen molar-refractivity contribution < 1.29 is 13.3 Å². The van der Waals surface area contributed by atoms with Crippen LogP contribution in [0, 0.1) is 0 Å². The first-order chi connectivity index (χ1) is 14.7. The first-order valence-corrected chi connectivity index (χ1v) is 15.1. The molecule has 8 heteroatoms. The minimum Gasteiger partial charge on any atom is -0.370 e. The average Bonchev–Trinajstić information content (AvgIpc) is 3.16. The van der Waals surface area contributed by atoms with E-state index in [4.69, 9.17) is 18.3 Å². The molecule has 3 aromatic rings. The van der Waals surface area contributed by atoms with E-state index in [-0.39, 0.29) is 0 Å². The number of fused-ring (bicyclic) bond motifs is 1. The molecular formula is C22H29NO3S3Si. The Morgan fingerprint density at radius 1 is 0.867 bits per heavy atom. The van der Waals surface area contributed by atoms with E-state index >= 15 is 0 Å². The first kappa shape index (κ1) is 23.8. The summed E-state index contributed by atoms with van der Waals surface area (Å²) >= 11 is 1.74. The highest BCUT2D eigenvalue weighted by Gasteiger charge is 2.45. The molecule has 0 unspecified atom stereocenters. The van der Waals surface area contributed by atoms with Gasteiger partial charge >= 0.3 is 8.80 Å². The summed E-state index contributed by atoms with van der Waals surface area (Å²) in [7, 11) is 0.521. The lowest BCUT2D eigenvalue weighted by atomic mass is 10.1. The quantitative estimate of drug-likeness (QED) is 0.224. The van der Waals surface area contributed by atoms with Gasteiger partial charge in [0.15, 0.2) is 4.34 Å². The third-order valence-electron chi connectivity index (χ3n) is 4.44. The van der Waals surface area contributed by atoms with Crippen LogP contribution in [0.15, 0.2) is 51.7 Å². The maximum absolute atomic E-state index is 6.21. The van der Waals surface area contributed by atoms with E-state index in [1.165, 1.54) is 15.2 Å². The fourth-order valence-electron chi connectivity index (χ4n) is 3.33. The van der Waals surface area contributed by atoms with E-state index in [1.807, 2.05) is 26.8 Å². The molecule has 1 aromatic heterocycles. The standard InChI is InChI=1S/C22H29NO3S3Si/c1-5-12-17-19(28-29-22-23-18-13-9-10-14-20(18)27-22)15-11-16-21(17)30(24-6-2,25-7-3)26-8-4/h9-11,13-16H,5-8,12H2,1-4H3. The summed E-state index contributed by atoms with van der Waals surface area (Å²) in [6, 6.07) is 14.7. The summed E-state index contributed by atoms with van der Waals surface area (Å²) in [5.74, 6) is 0. The Hall–Kier alpha value is -0.873. The van der Waals surface area contributed by atoms with Crippen LogP contribution < -0.4 is 5.19 Å². The molecule has 0 radical (unpaired) electrons. The highest BCUT2D eigenvalue weighted by atomic mass is 33.1. The zero-order chi connectivity index (χ0) is 21.4. The van der Waals surface area contributed by atoms with Crippen molar-refractivity contribution in [3.05, 3.63) is 48.0 Å². The summed E-state index contributed by atoms with van der Waals surface area (Å²) in [4.78, 5) is 5.99. The van der Waals surface area contributed by atoms with Crippen molar-refractivity contribution in [2.24, 2.45) is 0 Å². The lowest BCUT2D eigenvalue weighted by molar-refractivity contribution is 0.0857. The maximum atomic E-state index is 6.21. The molecule has 0 aliphatic rings. The van der Waals surface area contributed by atoms with Crippen molar-refractivity contribution in [1.82, 2.24) is 4.98 Å². The number of rotatable bonds is 12. The molecular weight excluding hydrogens is 451 g/mol. The second-order valence-corrected chi connectivity index (χ2v) is 12.5. The van der Waals surface area contributed by atoms with Crippen LogP contribution in [0.4, 0.5) is 0 Å². The Morgan fingerprint density at radius 2 is 1.57 bits per heavy atom. The lowest BCUT2D eigenvalue weighted by Crippen LogP contribution is -2.58.